The Hall–Kier alpha value is -1.32. The first-order chi connectivity index (χ1) is 9.22. The molecule has 1 aliphatic carbocycles. The lowest BCUT2D eigenvalue weighted by atomic mass is 9.84. The second-order valence-corrected chi connectivity index (χ2v) is 5.42. The molecule has 0 bridgehead atoms. The van der Waals surface area contributed by atoms with E-state index in [0.717, 1.165) is 17.3 Å². The molecule has 1 fully saturated rings. The Morgan fingerprint density at radius 1 is 1.32 bits per heavy atom. The van der Waals surface area contributed by atoms with E-state index in [1.165, 1.54) is 32.1 Å². The van der Waals surface area contributed by atoms with Crippen molar-refractivity contribution in [3.05, 3.63) is 11.9 Å². The Kier molecular flexibility index (Phi) is 5.00. The highest BCUT2D eigenvalue weighted by atomic mass is 16.5. The fourth-order valence-electron chi connectivity index (χ4n) is 2.83. The third-order valence-corrected chi connectivity index (χ3v) is 4.04. The van der Waals surface area contributed by atoms with E-state index in [2.05, 4.69) is 22.2 Å². The smallest absolute Gasteiger partial charge is 0.221 e. The Bertz CT molecular complexity index is 402. The van der Waals surface area contributed by atoms with Crippen molar-refractivity contribution in [3.63, 3.8) is 0 Å². The van der Waals surface area contributed by atoms with Gasteiger partial charge in [-0.3, -0.25) is 0 Å². The number of aromatic nitrogens is 2. The molecule has 1 heterocycles. The fourth-order valence-corrected chi connectivity index (χ4v) is 2.83. The average Bonchev–Trinajstić information content (AvgIpc) is 2.44. The van der Waals surface area contributed by atoms with Gasteiger partial charge in [0.1, 0.15) is 12.1 Å². The minimum atomic E-state index is 0.461. The maximum Gasteiger partial charge on any atom is 0.221 e. The van der Waals surface area contributed by atoms with Crippen molar-refractivity contribution < 1.29 is 4.74 Å². The zero-order chi connectivity index (χ0) is 13.7. The number of nitrogens with one attached hydrogen (secondary N) is 1. The summed E-state index contributed by atoms with van der Waals surface area (Å²) in [5, 5.41) is 3.55. The van der Waals surface area contributed by atoms with E-state index < -0.39 is 0 Å². The van der Waals surface area contributed by atoms with Crippen LogP contribution in [0, 0.1) is 12.8 Å². The maximum absolute atomic E-state index is 5.51. The minimum Gasteiger partial charge on any atom is -0.478 e. The Balaban J connectivity index is 2.03. The third kappa shape index (κ3) is 3.58. The van der Waals surface area contributed by atoms with Gasteiger partial charge in [0.25, 0.3) is 0 Å². The van der Waals surface area contributed by atoms with Crippen LogP contribution in [0.5, 0.6) is 5.88 Å². The highest BCUT2D eigenvalue weighted by Crippen LogP contribution is 2.29. The number of hydrogen-bond donors (Lipinski definition) is 1. The summed E-state index contributed by atoms with van der Waals surface area (Å²) in [5.74, 6) is 2.37. The molecule has 0 radical (unpaired) electrons. The second-order valence-electron chi connectivity index (χ2n) is 5.42. The zero-order valence-corrected chi connectivity index (χ0v) is 12.3. The molecule has 1 saturated carbocycles. The van der Waals surface area contributed by atoms with E-state index in [1.807, 2.05) is 13.8 Å². The van der Waals surface area contributed by atoms with Gasteiger partial charge in [-0.05, 0) is 39.5 Å². The van der Waals surface area contributed by atoms with Gasteiger partial charge in [-0.15, -0.1) is 0 Å². The van der Waals surface area contributed by atoms with Gasteiger partial charge in [0.05, 0.1) is 12.2 Å². The molecule has 0 spiro atoms. The monoisotopic (exact) mass is 263 g/mol. The lowest BCUT2D eigenvalue weighted by Gasteiger charge is -2.29. The van der Waals surface area contributed by atoms with Gasteiger partial charge in [-0.1, -0.05) is 19.3 Å². The fraction of sp³-hybridized carbons (Fsp3) is 0.733. The number of anilines is 1. The van der Waals surface area contributed by atoms with Crippen molar-refractivity contribution >= 4 is 5.82 Å². The lowest BCUT2D eigenvalue weighted by Crippen LogP contribution is -2.28. The number of hydrogen-bond acceptors (Lipinski definition) is 4. The molecular weight excluding hydrogens is 238 g/mol. The van der Waals surface area contributed by atoms with Crippen molar-refractivity contribution in [3.8, 4) is 5.88 Å². The first kappa shape index (κ1) is 14.1. The third-order valence-electron chi connectivity index (χ3n) is 4.04. The van der Waals surface area contributed by atoms with E-state index in [0.29, 0.717) is 18.5 Å². The van der Waals surface area contributed by atoms with Gasteiger partial charge in [-0.25, -0.2) is 9.97 Å². The van der Waals surface area contributed by atoms with Crippen molar-refractivity contribution in [2.45, 2.75) is 58.9 Å². The van der Waals surface area contributed by atoms with Crippen LogP contribution in [0.4, 0.5) is 5.82 Å². The minimum absolute atomic E-state index is 0.461. The van der Waals surface area contributed by atoms with E-state index in [1.54, 1.807) is 6.33 Å². The van der Waals surface area contributed by atoms with Crippen LogP contribution < -0.4 is 10.1 Å². The molecule has 0 amide bonds. The number of nitrogens with zero attached hydrogens (tertiary/aromatic N) is 2. The van der Waals surface area contributed by atoms with E-state index in [-0.39, 0.29) is 0 Å². The molecule has 2 rings (SSSR count). The van der Waals surface area contributed by atoms with Crippen LogP contribution in [-0.2, 0) is 0 Å². The van der Waals surface area contributed by atoms with Crippen molar-refractivity contribution in [1.29, 1.82) is 0 Å². The van der Waals surface area contributed by atoms with Gasteiger partial charge in [-0.2, -0.15) is 0 Å². The highest BCUT2D eigenvalue weighted by molar-refractivity contribution is 5.48. The Morgan fingerprint density at radius 2 is 2.05 bits per heavy atom. The first-order valence-electron chi connectivity index (χ1n) is 7.43. The second kappa shape index (κ2) is 6.73. The van der Waals surface area contributed by atoms with Crippen LogP contribution in [0.15, 0.2) is 6.33 Å². The van der Waals surface area contributed by atoms with Gasteiger partial charge in [0.2, 0.25) is 5.88 Å². The largest absolute Gasteiger partial charge is 0.478 e. The lowest BCUT2D eigenvalue weighted by molar-refractivity contribution is 0.321. The first-order valence-corrected chi connectivity index (χ1v) is 7.43. The standard InChI is InChI=1S/C15H25N3O/c1-4-19-15-11(2)14(16-10-17-15)18-12(3)13-8-6-5-7-9-13/h10,12-13H,4-9H2,1-3H3,(H,16,17,18). The number of rotatable bonds is 5. The van der Waals surface area contributed by atoms with E-state index in [9.17, 15) is 0 Å². The van der Waals surface area contributed by atoms with Crippen LogP contribution in [-0.4, -0.2) is 22.6 Å². The molecule has 0 saturated heterocycles. The summed E-state index contributed by atoms with van der Waals surface area (Å²) >= 11 is 0. The van der Waals surface area contributed by atoms with Crippen LogP contribution >= 0.6 is 0 Å². The molecule has 0 aromatic carbocycles. The van der Waals surface area contributed by atoms with Crippen molar-refractivity contribution in [2.75, 3.05) is 11.9 Å². The van der Waals surface area contributed by atoms with Gasteiger partial charge in [0, 0.05) is 6.04 Å². The highest BCUT2D eigenvalue weighted by Gasteiger charge is 2.21. The molecule has 4 heteroatoms. The Morgan fingerprint density at radius 3 is 2.74 bits per heavy atom. The summed E-state index contributed by atoms with van der Waals surface area (Å²) in [5.41, 5.74) is 1.01. The quantitative estimate of drug-likeness (QED) is 0.882. The molecule has 0 aliphatic heterocycles. The van der Waals surface area contributed by atoms with Crippen molar-refractivity contribution in [2.24, 2.45) is 5.92 Å². The molecule has 1 aliphatic rings. The SMILES string of the molecule is CCOc1ncnc(NC(C)C2CCCCC2)c1C. The maximum atomic E-state index is 5.51. The normalized spacial score (nSPS) is 18.1. The summed E-state index contributed by atoms with van der Waals surface area (Å²) in [6, 6.07) is 0.461. The van der Waals surface area contributed by atoms with Gasteiger partial charge < -0.3 is 10.1 Å². The van der Waals surface area contributed by atoms with Crippen LogP contribution in [0.2, 0.25) is 0 Å². The van der Waals surface area contributed by atoms with Crippen molar-refractivity contribution in [1.82, 2.24) is 9.97 Å². The molecule has 1 aromatic rings. The molecule has 1 atom stereocenters. The number of ether oxygens (including phenoxy) is 1. The van der Waals surface area contributed by atoms with Crippen LogP contribution in [0.25, 0.3) is 0 Å². The summed E-state index contributed by atoms with van der Waals surface area (Å²) in [6.07, 6.45) is 8.36. The van der Waals surface area contributed by atoms with E-state index in [4.69, 9.17) is 4.74 Å². The van der Waals surface area contributed by atoms with Crippen LogP contribution in [0.3, 0.4) is 0 Å². The zero-order valence-electron chi connectivity index (χ0n) is 12.3. The van der Waals surface area contributed by atoms with Crippen LogP contribution in [0.1, 0.15) is 51.5 Å². The molecule has 19 heavy (non-hydrogen) atoms. The summed E-state index contributed by atoms with van der Waals surface area (Å²) in [6.45, 7) is 6.88. The van der Waals surface area contributed by atoms with Gasteiger partial charge in [0.15, 0.2) is 0 Å². The predicted octanol–water partition coefficient (Wildman–Crippen LogP) is 3.56. The molecule has 1 N–H and O–H groups in total. The molecule has 1 unspecified atom stereocenters. The molecular formula is C15H25N3O. The van der Waals surface area contributed by atoms with Gasteiger partial charge >= 0.3 is 0 Å². The Labute approximate surface area is 116 Å². The summed E-state index contributed by atoms with van der Waals surface area (Å²) < 4.78 is 5.51. The topological polar surface area (TPSA) is 47.0 Å². The predicted molar refractivity (Wildman–Crippen MR) is 77.6 cm³/mol. The summed E-state index contributed by atoms with van der Waals surface area (Å²) in [4.78, 5) is 8.53. The summed E-state index contributed by atoms with van der Waals surface area (Å²) in [7, 11) is 0. The molecule has 106 valence electrons. The molecule has 4 nitrogen and oxygen atoms in total. The average molecular weight is 263 g/mol. The van der Waals surface area contributed by atoms with E-state index >= 15 is 0 Å². The molecule has 1 aromatic heterocycles.